The monoisotopic (exact) mass is 346 g/mol. The average Bonchev–Trinajstić information content (AvgIpc) is 2.97. The number of para-hydroxylation sites is 1. The van der Waals surface area contributed by atoms with Crippen molar-refractivity contribution in [3.63, 3.8) is 0 Å². The van der Waals surface area contributed by atoms with E-state index in [1.54, 1.807) is 12.1 Å². The predicted molar refractivity (Wildman–Crippen MR) is 95.9 cm³/mol. The van der Waals surface area contributed by atoms with Crippen LogP contribution in [0.2, 0.25) is 5.02 Å². The van der Waals surface area contributed by atoms with E-state index in [0.717, 1.165) is 25.8 Å². The summed E-state index contributed by atoms with van der Waals surface area (Å²) in [6, 6.07) is 7.15. The molecule has 0 aromatic heterocycles. The topological polar surface area (TPSA) is 49.4 Å². The zero-order valence-electron chi connectivity index (χ0n) is 13.8. The van der Waals surface area contributed by atoms with Crippen molar-refractivity contribution in [2.45, 2.75) is 38.5 Å². The highest BCUT2D eigenvalue weighted by Gasteiger charge is 2.34. The van der Waals surface area contributed by atoms with Gasteiger partial charge in [-0.2, -0.15) is 0 Å². The van der Waals surface area contributed by atoms with E-state index in [2.05, 4.69) is 11.4 Å². The number of nitrogens with one attached hydrogen (secondary N) is 1. The van der Waals surface area contributed by atoms with Gasteiger partial charge in [0.15, 0.2) is 0 Å². The van der Waals surface area contributed by atoms with Crippen molar-refractivity contribution in [3.05, 3.63) is 40.9 Å². The summed E-state index contributed by atoms with van der Waals surface area (Å²) in [4.78, 5) is 26.4. The number of rotatable bonds is 5. The van der Waals surface area contributed by atoms with Gasteiger partial charge in [0.25, 0.3) is 0 Å². The minimum Gasteiger partial charge on any atom is -0.342 e. The molecule has 4 nitrogen and oxygen atoms in total. The molecule has 1 N–H and O–H groups in total. The van der Waals surface area contributed by atoms with Crippen LogP contribution in [0.3, 0.4) is 0 Å². The van der Waals surface area contributed by atoms with Crippen molar-refractivity contribution in [2.24, 2.45) is 5.92 Å². The average molecular weight is 347 g/mol. The van der Waals surface area contributed by atoms with Gasteiger partial charge in [0.2, 0.25) is 11.8 Å². The fourth-order valence-electron chi connectivity index (χ4n) is 3.37. The summed E-state index contributed by atoms with van der Waals surface area (Å²) in [6.07, 6.45) is 8.37. The van der Waals surface area contributed by atoms with Crippen LogP contribution in [0.1, 0.15) is 38.5 Å². The van der Waals surface area contributed by atoms with Crippen molar-refractivity contribution in [1.29, 1.82) is 0 Å². The largest absolute Gasteiger partial charge is 0.342 e. The predicted octanol–water partition coefficient (Wildman–Crippen LogP) is 4.02. The molecule has 0 spiro atoms. The van der Waals surface area contributed by atoms with Crippen molar-refractivity contribution >= 4 is 29.1 Å². The van der Waals surface area contributed by atoms with Crippen molar-refractivity contribution < 1.29 is 9.59 Å². The van der Waals surface area contributed by atoms with Gasteiger partial charge < -0.3 is 10.2 Å². The molecular formula is C19H23ClN2O2. The van der Waals surface area contributed by atoms with Gasteiger partial charge >= 0.3 is 0 Å². The summed E-state index contributed by atoms with van der Waals surface area (Å²) in [6.45, 7) is 1.23. The quantitative estimate of drug-likeness (QED) is 0.819. The maximum absolute atomic E-state index is 12.4. The fraction of sp³-hybridized carbons (Fsp3) is 0.474. The molecule has 1 fully saturated rings. The lowest BCUT2D eigenvalue weighted by atomic mass is 9.97. The van der Waals surface area contributed by atoms with Gasteiger partial charge in [-0.3, -0.25) is 9.59 Å². The lowest BCUT2D eigenvalue weighted by Crippen LogP contribution is -2.29. The zero-order valence-corrected chi connectivity index (χ0v) is 14.5. The van der Waals surface area contributed by atoms with Crippen LogP contribution < -0.4 is 5.32 Å². The number of benzene rings is 1. The Labute approximate surface area is 147 Å². The van der Waals surface area contributed by atoms with Gasteiger partial charge in [-0.05, 0) is 44.2 Å². The van der Waals surface area contributed by atoms with Crippen LogP contribution in [0.5, 0.6) is 0 Å². The first-order chi connectivity index (χ1) is 11.6. The SMILES string of the molecule is O=C(Nc1ccccc1Cl)C1CC(=O)N(CCC2=CCCCC2)C1. The molecular weight excluding hydrogens is 324 g/mol. The summed E-state index contributed by atoms with van der Waals surface area (Å²) in [7, 11) is 0. The molecule has 0 saturated carbocycles. The highest BCUT2D eigenvalue weighted by Crippen LogP contribution is 2.26. The minimum absolute atomic E-state index is 0.0747. The number of halogens is 1. The number of carbonyl (C=O) groups excluding carboxylic acids is 2. The lowest BCUT2D eigenvalue weighted by molar-refractivity contribution is -0.128. The lowest BCUT2D eigenvalue weighted by Gasteiger charge is -2.19. The van der Waals surface area contributed by atoms with Gasteiger partial charge in [0.1, 0.15) is 0 Å². The zero-order chi connectivity index (χ0) is 16.9. The van der Waals surface area contributed by atoms with E-state index in [1.165, 1.54) is 18.4 Å². The second-order valence-corrected chi connectivity index (χ2v) is 6.98. The highest BCUT2D eigenvalue weighted by molar-refractivity contribution is 6.33. The third-order valence-electron chi connectivity index (χ3n) is 4.80. The molecule has 2 amide bonds. The normalized spacial score (nSPS) is 20.9. The van der Waals surface area contributed by atoms with Crippen molar-refractivity contribution in [3.8, 4) is 0 Å². The molecule has 1 unspecified atom stereocenters. The standard InChI is InChI=1S/C19H23ClN2O2/c20-16-8-4-5-9-17(16)21-19(24)15-12-18(23)22(13-15)11-10-14-6-2-1-3-7-14/h4-6,8-9,15H,1-3,7,10-13H2,(H,21,24). The molecule has 1 heterocycles. The van der Waals surface area contributed by atoms with Gasteiger partial charge in [0, 0.05) is 19.5 Å². The van der Waals surface area contributed by atoms with Gasteiger partial charge in [-0.25, -0.2) is 0 Å². The first-order valence-electron chi connectivity index (χ1n) is 8.64. The molecule has 5 heteroatoms. The van der Waals surface area contributed by atoms with E-state index >= 15 is 0 Å². The maximum Gasteiger partial charge on any atom is 0.229 e. The summed E-state index contributed by atoms with van der Waals surface area (Å²) in [5.41, 5.74) is 2.06. The Morgan fingerprint density at radius 3 is 2.88 bits per heavy atom. The molecule has 1 aromatic carbocycles. The third kappa shape index (κ3) is 4.18. The Balaban J connectivity index is 1.53. The molecule has 0 bridgehead atoms. The summed E-state index contributed by atoms with van der Waals surface area (Å²) >= 11 is 6.07. The van der Waals surface area contributed by atoms with E-state index in [4.69, 9.17) is 11.6 Å². The molecule has 1 saturated heterocycles. The van der Waals surface area contributed by atoms with E-state index in [-0.39, 0.29) is 24.2 Å². The molecule has 2 aliphatic rings. The highest BCUT2D eigenvalue weighted by atomic mass is 35.5. The number of nitrogens with zero attached hydrogens (tertiary/aromatic N) is 1. The Kier molecular flexibility index (Phi) is 5.56. The van der Waals surface area contributed by atoms with Crippen LogP contribution in [0, 0.1) is 5.92 Å². The number of hydrogen-bond donors (Lipinski definition) is 1. The van der Waals surface area contributed by atoms with Crippen LogP contribution in [0.25, 0.3) is 0 Å². The van der Waals surface area contributed by atoms with E-state index in [9.17, 15) is 9.59 Å². The second kappa shape index (κ2) is 7.84. The summed E-state index contributed by atoms with van der Waals surface area (Å²) in [5.74, 6) is -0.351. The maximum atomic E-state index is 12.4. The molecule has 24 heavy (non-hydrogen) atoms. The minimum atomic E-state index is -0.297. The fourth-order valence-corrected chi connectivity index (χ4v) is 3.55. The van der Waals surface area contributed by atoms with E-state index in [1.807, 2.05) is 17.0 Å². The molecule has 1 atom stereocenters. The first kappa shape index (κ1) is 17.0. The van der Waals surface area contributed by atoms with Crippen LogP contribution >= 0.6 is 11.6 Å². The first-order valence-corrected chi connectivity index (χ1v) is 9.02. The molecule has 1 aromatic rings. The van der Waals surface area contributed by atoms with Gasteiger partial charge in [-0.15, -0.1) is 0 Å². The van der Waals surface area contributed by atoms with Crippen LogP contribution in [-0.2, 0) is 9.59 Å². The number of carbonyl (C=O) groups is 2. The van der Waals surface area contributed by atoms with Crippen LogP contribution in [0.15, 0.2) is 35.9 Å². The Bertz CT molecular complexity index is 657. The second-order valence-electron chi connectivity index (χ2n) is 6.57. The number of anilines is 1. The van der Waals surface area contributed by atoms with Crippen LogP contribution in [0.4, 0.5) is 5.69 Å². The molecule has 3 rings (SSSR count). The van der Waals surface area contributed by atoms with Crippen LogP contribution in [-0.4, -0.2) is 29.8 Å². The summed E-state index contributed by atoms with van der Waals surface area (Å²) < 4.78 is 0. The summed E-state index contributed by atoms with van der Waals surface area (Å²) in [5, 5.41) is 3.35. The van der Waals surface area contributed by atoms with Gasteiger partial charge in [-0.1, -0.05) is 35.4 Å². The van der Waals surface area contributed by atoms with Crippen molar-refractivity contribution in [2.75, 3.05) is 18.4 Å². The number of likely N-dealkylation sites (tertiary alicyclic amines) is 1. The van der Waals surface area contributed by atoms with E-state index < -0.39 is 0 Å². The Morgan fingerprint density at radius 1 is 1.29 bits per heavy atom. The molecule has 1 aliphatic carbocycles. The van der Waals surface area contributed by atoms with Crippen molar-refractivity contribution in [1.82, 2.24) is 4.90 Å². The Hall–Kier alpha value is -1.81. The molecule has 1 aliphatic heterocycles. The Morgan fingerprint density at radius 2 is 2.12 bits per heavy atom. The molecule has 128 valence electrons. The number of hydrogen-bond acceptors (Lipinski definition) is 2. The molecule has 0 radical (unpaired) electrons. The number of amides is 2. The third-order valence-corrected chi connectivity index (χ3v) is 5.13. The smallest absolute Gasteiger partial charge is 0.229 e. The van der Waals surface area contributed by atoms with Gasteiger partial charge in [0.05, 0.1) is 16.6 Å². The number of allylic oxidation sites excluding steroid dienone is 1. The van der Waals surface area contributed by atoms with E-state index in [0.29, 0.717) is 17.3 Å².